The number of hydrogen-bond acceptors (Lipinski definition) is 3. The van der Waals surface area contributed by atoms with Gasteiger partial charge >= 0.3 is 0 Å². The Morgan fingerprint density at radius 1 is 1.62 bits per heavy atom. The zero-order valence-electron chi connectivity index (χ0n) is 9.09. The van der Waals surface area contributed by atoms with Crippen LogP contribution in [0.15, 0.2) is 17.5 Å². The molecule has 3 nitrogen and oxygen atoms in total. The molecule has 2 rings (SSSR count). The quantitative estimate of drug-likeness (QED) is 0.884. The van der Waals surface area contributed by atoms with Crippen LogP contribution in [0, 0.1) is 5.92 Å². The summed E-state index contributed by atoms with van der Waals surface area (Å²) in [5.41, 5.74) is 5.65. The van der Waals surface area contributed by atoms with Crippen molar-refractivity contribution in [3.63, 3.8) is 0 Å². The van der Waals surface area contributed by atoms with Crippen molar-refractivity contribution >= 4 is 29.7 Å². The normalized spacial score (nSPS) is 20.3. The Balaban J connectivity index is 0.00000128. The lowest BCUT2D eigenvalue weighted by molar-refractivity contribution is 0.0683. The number of nitrogens with zero attached hydrogens (tertiary/aromatic N) is 1. The summed E-state index contributed by atoms with van der Waals surface area (Å²) in [6.45, 7) is 2.40. The summed E-state index contributed by atoms with van der Waals surface area (Å²) in [6, 6.07) is 3.81. The van der Waals surface area contributed by atoms with Crippen LogP contribution >= 0.6 is 23.7 Å². The van der Waals surface area contributed by atoms with Gasteiger partial charge in [-0.15, -0.1) is 23.7 Å². The topological polar surface area (TPSA) is 46.3 Å². The number of nitrogens with two attached hydrogens (primary N) is 1. The molecule has 0 aromatic carbocycles. The maximum absolute atomic E-state index is 12.0. The summed E-state index contributed by atoms with van der Waals surface area (Å²) in [4.78, 5) is 14.8. The number of hydrogen-bond donors (Lipinski definition) is 1. The molecule has 1 unspecified atom stereocenters. The fraction of sp³-hybridized carbons (Fsp3) is 0.545. The summed E-state index contributed by atoms with van der Waals surface area (Å²) in [5, 5.41) is 1.94. The van der Waals surface area contributed by atoms with Gasteiger partial charge in [-0.2, -0.15) is 0 Å². The zero-order chi connectivity index (χ0) is 10.7. The van der Waals surface area contributed by atoms with Crippen molar-refractivity contribution in [1.82, 2.24) is 4.90 Å². The predicted octanol–water partition coefficient (Wildman–Crippen LogP) is 1.98. The van der Waals surface area contributed by atoms with Crippen LogP contribution in [0.5, 0.6) is 0 Å². The third-order valence-electron chi connectivity index (χ3n) is 2.87. The van der Waals surface area contributed by atoms with Crippen LogP contribution in [0.25, 0.3) is 0 Å². The lowest BCUT2D eigenvalue weighted by Crippen LogP contribution is -2.41. The fourth-order valence-electron chi connectivity index (χ4n) is 2.00. The molecule has 1 aliphatic heterocycles. The van der Waals surface area contributed by atoms with Crippen molar-refractivity contribution in [1.29, 1.82) is 0 Å². The highest BCUT2D eigenvalue weighted by molar-refractivity contribution is 7.12. The van der Waals surface area contributed by atoms with Gasteiger partial charge < -0.3 is 10.6 Å². The van der Waals surface area contributed by atoms with E-state index in [9.17, 15) is 4.79 Å². The number of likely N-dealkylation sites (tertiary alicyclic amines) is 1. The van der Waals surface area contributed by atoms with Crippen molar-refractivity contribution in [2.45, 2.75) is 12.8 Å². The number of thiophene rings is 1. The van der Waals surface area contributed by atoms with E-state index in [4.69, 9.17) is 5.73 Å². The molecule has 0 saturated carbocycles. The van der Waals surface area contributed by atoms with Gasteiger partial charge in [-0.3, -0.25) is 4.79 Å². The second-order valence-electron chi connectivity index (χ2n) is 3.97. The lowest BCUT2D eigenvalue weighted by atomic mass is 9.98. The smallest absolute Gasteiger partial charge is 0.263 e. The summed E-state index contributed by atoms with van der Waals surface area (Å²) >= 11 is 1.51. The number of halogens is 1. The van der Waals surface area contributed by atoms with E-state index in [1.807, 2.05) is 22.4 Å². The van der Waals surface area contributed by atoms with Gasteiger partial charge in [0.05, 0.1) is 4.88 Å². The van der Waals surface area contributed by atoms with Crippen LogP contribution in [0.3, 0.4) is 0 Å². The first-order valence-electron chi connectivity index (χ1n) is 5.34. The van der Waals surface area contributed by atoms with Gasteiger partial charge in [0.15, 0.2) is 0 Å². The second-order valence-corrected chi connectivity index (χ2v) is 4.92. The fourth-order valence-corrected chi connectivity index (χ4v) is 2.69. The second kappa shape index (κ2) is 6.23. The third kappa shape index (κ3) is 2.97. The van der Waals surface area contributed by atoms with Gasteiger partial charge in [0.25, 0.3) is 5.91 Å². The van der Waals surface area contributed by atoms with Gasteiger partial charge in [-0.25, -0.2) is 0 Å². The molecule has 0 radical (unpaired) electrons. The van der Waals surface area contributed by atoms with Crippen LogP contribution in [-0.4, -0.2) is 30.4 Å². The van der Waals surface area contributed by atoms with Crippen molar-refractivity contribution < 1.29 is 4.79 Å². The number of piperidine rings is 1. The molecular weight excluding hydrogens is 244 g/mol. The van der Waals surface area contributed by atoms with Crippen LogP contribution in [0.2, 0.25) is 0 Å². The zero-order valence-corrected chi connectivity index (χ0v) is 10.7. The van der Waals surface area contributed by atoms with Crippen molar-refractivity contribution in [3.05, 3.63) is 22.4 Å². The van der Waals surface area contributed by atoms with E-state index < -0.39 is 0 Å². The van der Waals surface area contributed by atoms with Crippen molar-refractivity contribution in [3.8, 4) is 0 Å². The highest BCUT2D eigenvalue weighted by atomic mass is 35.5. The molecule has 1 aliphatic rings. The van der Waals surface area contributed by atoms with Crippen LogP contribution in [0.4, 0.5) is 0 Å². The minimum absolute atomic E-state index is 0. The van der Waals surface area contributed by atoms with Gasteiger partial charge in [0.1, 0.15) is 0 Å². The molecule has 5 heteroatoms. The van der Waals surface area contributed by atoms with E-state index in [1.54, 1.807) is 0 Å². The first kappa shape index (κ1) is 13.5. The Labute approximate surface area is 106 Å². The summed E-state index contributed by atoms with van der Waals surface area (Å²) < 4.78 is 0. The lowest BCUT2D eigenvalue weighted by Gasteiger charge is -2.31. The van der Waals surface area contributed by atoms with Gasteiger partial charge in [-0.05, 0) is 36.8 Å². The Morgan fingerprint density at radius 3 is 3.06 bits per heavy atom. The summed E-state index contributed by atoms with van der Waals surface area (Å²) in [5.74, 6) is 0.658. The standard InChI is InChI=1S/C11H16N2OS.ClH/c12-7-9-3-1-5-13(8-9)11(14)10-4-2-6-15-10;/h2,4,6,9H,1,3,5,7-8,12H2;1H. The van der Waals surface area contributed by atoms with Crippen molar-refractivity contribution in [2.75, 3.05) is 19.6 Å². The SMILES string of the molecule is Cl.NCC1CCCN(C(=O)c2cccs2)C1. The Hall–Kier alpha value is -0.580. The minimum Gasteiger partial charge on any atom is -0.338 e. The predicted molar refractivity (Wildman–Crippen MR) is 69.2 cm³/mol. The molecule has 1 fully saturated rings. The molecule has 1 aromatic rings. The Kier molecular flexibility index (Phi) is 5.25. The highest BCUT2D eigenvalue weighted by Gasteiger charge is 2.23. The average molecular weight is 261 g/mol. The molecule has 1 atom stereocenters. The number of rotatable bonds is 2. The third-order valence-corrected chi connectivity index (χ3v) is 3.73. The van der Waals surface area contributed by atoms with Gasteiger partial charge in [-0.1, -0.05) is 6.07 Å². The first-order chi connectivity index (χ1) is 7.31. The molecule has 1 saturated heterocycles. The van der Waals surface area contributed by atoms with Crippen LogP contribution in [-0.2, 0) is 0 Å². The van der Waals surface area contributed by atoms with Crippen molar-refractivity contribution in [2.24, 2.45) is 11.7 Å². The maximum Gasteiger partial charge on any atom is 0.263 e. The number of carbonyl (C=O) groups excluding carboxylic acids is 1. The Morgan fingerprint density at radius 2 is 2.44 bits per heavy atom. The molecule has 1 aromatic heterocycles. The maximum atomic E-state index is 12.0. The molecule has 2 N–H and O–H groups in total. The summed E-state index contributed by atoms with van der Waals surface area (Å²) in [7, 11) is 0. The van der Waals surface area contributed by atoms with Gasteiger partial charge in [0.2, 0.25) is 0 Å². The molecule has 1 amide bonds. The first-order valence-corrected chi connectivity index (χ1v) is 6.22. The van der Waals surface area contributed by atoms with Crippen LogP contribution in [0.1, 0.15) is 22.5 Å². The summed E-state index contributed by atoms with van der Waals surface area (Å²) in [6.07, 6.45) is 2.24. The molecular formula is C11H17ClN2OS. The number of amides is 1. The molecule has 0 aliphatic carbocycles. The monoisotopic (exact) mass is 260 g/mol. The molecule has 0 bridgehead atoms. The molecule has 2 heterocycles. The van der Waals surface area contributed by atoms with E-state index in [1.165, 1.54) is 11.3 Å². The highest BCUT2D eigenvalue weighted by Crippen LogP contribution is 2.19. The van der Waals surface area contributed by atoms with Gasteiger partial charge in [0, 0.05) is 13.1 Å². The molecule has 90 valence electrons. The minimum atomic E-state index is 0. The Bertz CT molecular complexity index is 329. The molecule has 0 spiro atoms. The van der Waals surface area contributed by atoms with E-state index in [0.29, 0.717) is 12.5 Å². The number of carbonyl (C=O) groups is 1. The van der Waals surface area contributed by atoms with E-state index >= 15 is 0 Å². The van der Waals surface area contributed by atoms with E-state index in [0.717, 1.165) is 30.8 Å². The average Bonchev–Trinajstić information content (AvgIpc) is 2.81. The van der Waals surface area contributed by atoms with E-state index in [2.05, 4.69) is 0 Å². The van der Waals surface area contributed by atoms with Crippen LogP contribution < -0.4 is 5.73 Å². The van der Waals surface area contributed by atoms with E-state index in [-0.39, 0.29) is 18.3 Å². The molecule has 16 heavy (non-hydrogen) atoms. The largest absolute Gasteiger partial charge is 0.338 e.